The third-order valence-corrected chi connectivity index (χ3v) is 6.25. The van der Waals surface area contributed by atoms with Gasteiger partial charge in [-0.3, -0.25) is 9.59 Å². The number of carboxylic acid groups (broad SMARTS) is 1. The largest absolute Gasteiger partial charge is 0.481 e. The topological polar surface area (TPSA) is 63.6 Å². The van der Waals surface area contributed by atoms with E-state index < -0.39 is 23.8 Å². The van der Waals surface area contributed by atoms with Gasteiger partial charge >= 0.3 is 11.9 Å². The minimum Gasteiger partial charge on any atom is -0.481 e. The van der Waals surface area contributed by atoms with Crippen molar-refractivity contribution in [2.24, 2.45) is 11.8 Å². The van der Waals surface area contributed by atoms with E-state index in [2.05, 4.69) is 32.9 Å². The standard InChI is InChI=1S/C26H28O4/c1-26(2,3)22-14-8-13-18-21(22)15-16-9-4-5-10-17(16)23(18)30-25(29)20-12-7-6-11-19(20)24(27)28/h4-5,8-10,13-15,19-20H,6-7,11-12H2,1-3H3,(H,27,28). The third-order valence-electron chi connectivity index (χ3n) is 6.25. The summed E-state index contributed by atoms with van der Waals surface area (Å²) >= 11 is 0. The van der Waals surface area contributed by atoms with Crippen molar-refractivity contribution in [2.75, 3.05) is 0 Å². The number of esters is 1. The fourth-order valence-corrected chi connectivity index (χ4v) is 4.70. The Kier molecular flexibility index (Phi) is 5.27. The van der Waals surface area contributed by atoms with E-state index in [9.17, 15) is 14.7 Å². The van der Waals surface area contributed by atoms with Crippen LogP contribution in [0.4, 0.5) is 0 Å². The molecule has 0 amide bonds. The summed E-state index contributed by atoms with van der Waals surface area (Å²) in [5, 5.41) is 13.4. The molecule has 30 heavy (non-hydrogen) atoms. The van der Waals surface area contributed by atoms with E-state index in [4.69, 9.17) is 4.74 Å². The first-order valence-corrected chi connectivity index (χ1v) is 10.7. The number of carboxylic acids is 1. The van der Waals surface area contributed by atoms with Crippen LogP contribution in [0.2, 0.25) is 0 Å². The van der Waals surface area contributed by atoms with Crippen LogP contribution in [-0.4, -0.2) is 17.0 Å². The highest BCUT2D eigenvalue weighted by Gasteiger charge is 2.37. The predicted octanol–water partition coefficient (Wildman–Crippen LogP) is 6.09. The number of fused-ring (bicyclic) bond motifs is 2. The molecule has 3 aromatic rings. The first kappa shape index (κ1) is 20.4. The number of carbonyl (C=O) groups is 2. The van der Waals surface area contributed by atoms with Crippen molar-refractivity contribution in [1.29, 1.82) is 0 Å². The molecule has 4 heteroatoms. The van der Waals surface area contributed by atoms with Crippen LogP contribution >= 0.6 is 0 Å². The number of rotatable bonds is 3. The van der Waals surface area contributed by atoms with Gasteiger partial charge in [0.1, 0.15) is 5.75 Å². The van der Waals surface area contributed by atoms with Gasteiger partial charge in [0.25, 0.3) is 0 Å². The third kappa shape index (κ3) is 3.67. The van der Waals surface area contributed by atoms with E-state index in [1.165, 1.54) is 5.56 Å². The van der Waals surface area contributed by atoms with Crippen LogP contribution in [0.3, 0.4) is 0 Å². The van der Waals surface area contributed by atoms with Crippen LogP contribution in [0.15, 0.2) is 48.5 Å². The molecule has 1 fully saturated rings. The molecule has 0 aromatic heterocycles. The molecule has 0 aliphatic heterocycles. The van der Waals surface area contributed by atoms with E-state index in [1.54, 1.807) is 0 Å². The van der Waals surface area contributed by atoms with Crippen LogP contribution in [0, 0.1) is 11.8 Å². The fraction of sp³-hybridized carbons (Fsp3) is 0.385. The monoisotopic (exact) mass is 404 g/mol. The zero-order valence-electron chi connectivity index (χ0n) is 17.8. The van der Waals surface area contributed by atoms with Gasteiger partial charge in [-0.05, 0) is 40.7 Å². The van der Waals surface area contributed by atoms with E-state index in [-0.39, 0.29) is 5.41 Å². The lowest BCUT2D eigenvalue weighted by Gasteiger charge is -2.27. The van der Waals surface area contributed by atoms with Crippen molar-refractivity contribution in [3.8, 4) is 5.75 Å². The number of carbonyl (C=O) groups excluding carboxylic acids is 1. The van der Waals surface area contributed by atoms with Crippen LogP contribution in [0.5, 0.6) is 5.75 Å². The lowest BCUT2D eigenvalue weighted by atomic mass is 9.79. The Hall–Kier alpha value is -2.88. The first-order valence-electron chi connectivity index (χ1n) is 10.7. The summed E-state index contributed by atoms with van der Waals surface area (Å²) in [7, 11) is 0. The molecule has 0 saturated heterocycles. The summed E-state index contributed by atoms with van der Waals surface area (Å²) in [6.45, 7) is 6.51. The maximum atomic E-state index is 13.2. The van der Waals surface area contributed by atoms with Crippen LogP contribution in [0.25, 0.3) is 21.5 Å². The molecule has 1 saturated carbocycles. The normalized spacial score (nSPS) is 19.7. The van der Waals surface area contributed by atoms with Crippen LogP contribution in [0.1, 0.15) is 52.0 Å². The van der Waals surface area contributed by atoms with Gasteiger partial charge in [-0.15, -0.1) is 0 Å². The summed E-state index contributed by atoms with van der Waals surface area (Å²) < 4.78 is 6.03. The molecule has 4 nitrogen and oxygen atoms in total. The molecule has 0 spiro atoms. The maximum absolute atomic E-state index is 13.2. The van der Waals surface area contributed by atoms with Crippen molar-refractivity contribution >= 4 is 33.5 Å². The average Bonchev–Trinajstić information content (AvgIpc) is 2.72. The highest BCUT2D eigenvalue weighted by Crippen LogP contribution is 2.40. The average molecular weight is 405 g/mol. The van der Waals surface area contributed by atoms with Crippen molar-refractivity contribution in [1.82, 2.24) is 0 Å². The molecule has 156 valence electrons. The first-order chi connectivity index (χ1) is 14.3. The van der Waals surface area contributed by atoms with Gasteiger partial charge in [0, 0.05) is 10.8 Å². The lowest BCUT2D eigenvalue weighted by molar-refractivity contribution is -0.153. The number of hydrogen-bond donors (Lipinski definition) is 1. The van der Waals surface area contributed by atoms with Gasteiger partial charge in [-0.1, -0.05) is 76.1 Å². The zero-order valence-corrected chi connectivity index (χ0v) is 17.8. The van der Waals surface area contributed by atoms with Crippen molar-refractivity contribution in [2.45, 2.75) is 51.9 Å². The summed E-state index contributed by atoms with van der Waals surface area (Å²) in [5.74, 6) is -2.07. The molecule has 1 N–H and O–H groups in total. The Morgan fingerprint density at radius 3 is 2.27 bits per heavy atom. The summed E-state index contributed by atoms with van der Waals surface area (Å²) in [6.07, 6.45) is 2.78. The molecule has 3 aromatic carbocycles. The van der Waals surface area contributed by atoms with Crippen LogP contribution < -0.4 is 4.74 Å². The Balaban J connectivity index is 1.86. The highest BCUT2D eigenvalue weighted by atomic mass is 16.5. The van der Waals surface area contributed by atoms with E-state index in [1.807, 2.05) is 36.4 Å². The van der Waals surface area contributed by atoms with E-state index in [0.29, 0.717) is 18.6 Å². The van der Waals surface area contributed by atoms with Gasteiger partial charge in [0.15, 0.2) is 0 Å². The molecular formula is C26H28O4. The highest BCUT2D eigenvalue weighted by molar-refractivity contribution is 6.08. The van der Waals surface area contributed by atoms with Crippen molar-refractivity contribution in [3.05, 3.63) is 54.1 Å². The SMILES string of the molecule is CC(C)(C)c1cccc2c(OC(=O)C3CCCCC3C(=O)O)c3ccccc3cc12. The number of benzene rings is 3. The van der Waals surface area contributed by atoms with Gasteiger partial charge in [0.2, 0.25) is 0 Å². The van der Waals surface area contributed by atoms with Crippen molar-refractivity contribution in [3.63, 3.8) is 0 Å². The number of hydrogen-bond acceptors (Lipinski definition) is 3. The summed E-state index contributed by atoms with van der Waals surface area (Å²) in [4.78, 5) is 24.9. The second kappa shape index (κ2) is 7.75. The molecule has 1 aliphatic rings. The Labute approximate surface area is 176 Å². The van der Waals surface area contributed by atoms with Gasteiger partial charge in [-0.2, -0.15) is 0 Å². The van der Waals surface area contributed by atoms with E-state index >= 15 is 0 Å². The number of ether oxygens (including phenoxy) is 1. The van der Waals surface area contributed by atoms with Gasteiger partial charge in [-0.25, -0.2) is 0 Å². The smallest absolute Gasteiger partial charge is 0.315 e. The predicted molar refractivity (Wildman–Crippen MR) is 119 cm³/mol. The molecule has 0 bridgehead atoms. The zero-order chi connectivity index (χ0) is 21.5. The minimum atomic E-state index is -0.908. The molecule has 4 rings (SSSR count). The molecule has 0 heterocycles. The Bertz CT molecular complexity index is 1120. The van der Waals surface area contributed by atoms with Crippen molar-refractivity contribution < 1.29 is 19.4 Å². The number of aliphatic carboxylic acids is 1. The van der Waals surface area contributed by atoms with Gasteiger partial charge in [0.05, 0.1) is 11.8 Å². The maximum Gasteiger partial charge on any atom is 0.315 e. The fourth-order valence-electron chi connectivity index (χ4n) is 4.70. The van der Waals surface area contributed by atoms with Gasteiger partial charge < -0.3 is 9.84 Å². The second-order valence-electron chi connectivity index (χ2n) is 9.33. The molecule has 2 unspecified atom stereocenters. The van der Waals surface area contributed by atoms with Crippen LogP contribution in [-0.2, 0) is 15.0 Å². The molecule has 0 radical (unpaired) electrons. The summed E-state index contributed by atoms with van der Waals surface area (Å²) in [5.41, 5.74) is 1.12. The Morgan fingerprint density at radius 1 is 0.900 bits per heavy atom. The molecule has 1 aliphatic carbocycles. The molecular weight excluding hydrogens is 376 g/mol. The minimum absolute atomic E-state index is 0.0684. The Morgan fingerprint density at radius 2 is 1.57 bits per heavy atom. The molecule has 2 atom stereocenters. The lowest BCUT2D eigenvalue weighted by Crippen LogP contribution is -2.35. The quantitative estimate of drug-likeness (QED) is 0.326. The second-order valence-corrected chi connectivity index (χ2v) is 9.33. The summed E-state index contributed by atoms with van der Waals surface area (Å²) in [6, 6.07) is 16.1. The van der Waals surface area contributed by atoms with E-state index in [0.717, 1.165) is 34.4 Å².